The SMILES string of the molecule is CC(=O)O[O-].CC(=O)O[O-].[K+].[Na+]. The van der Waals surface area contributed by atoms with Crippen LogP contribution >= 0.6 is 0 Å². The largest absolute Gasteiger partial charge is 1.00 e. The first kappa shape index (κ1) is 23.4. The van der Waals surface area contributed by atoms with Gasteiger partial charge in [0.05, 0.1) is 0 Å². The van der Waals surface area contributed by atoms with Crippen molar-refractivity contribution in [2.75, 3.05) is 0 Å². The van der Waals surface area contributed by atoms with E-state index in [1.807, 2.05) is 0 Å². The van der Waals surface area contributed by atoms with Crippen LogP contribution in [0.4, 0.5) is 0 Å². The average Bonchev–Trinajstić information content (AvgIpc) is 1.89. The van der Waals surface area contributed by atoms with Crippen LogP contribution in [0.5, 0.6) is 0 Å². The normalized spacial score (nSPS) is 5.67. The number of hydrogen-bond acceptors (Lipinski definition) is 6. The predicted octanol–water partition coefficient (Wildman–Crippen LogP) is -8.34. The molecular formula is C4H6KNaO6. The molecule has 0 radical (unpaired) electrons. The zero-order valence-corrected chi connectivity index (χ0v) is 12.6. The summed E-state index contributed by atoms with van der Waals surface area (Å²) in [6.45, 7) is 2.10. The first-order valence-corrected chi connectivity index (χ1v) is 2.15. The summed E-state index contributed by atoms with van der Waals surface area (Å²) in [6.07, 6.45) is 0. The molecule has 0 atom stereocenters. The maximum Gasteiger partial charge on any atom is 1.00 e. The molecule has 0 unspecified atom stereocenters. The first-order chi connectivity index (χ1) is 4.54. The Morgan fingerprint density at radius 3 is 1.08 bits per heavy atom. The zero-order valence-electron chi connectivity index (χ0n) is 7.45. The summed E-state index contributed by atoms with van der Waals surface area (Å²) in [5.74, 6) is -1.60. The van der Waals surface area contributed by atoms with E-state index >= 15 is 0 Å². The number of carbonyl (C=O) groups is 2. The Bertz CT molecular complexity index is 104. The van der Waals surface area contributed by atoms with Crippen LogP contribution in [0.1, 0.15) is 13.8 Å². The molecule has 0 rings (SSSR count). The van der Waals surface area contributed by atoms with Gasteiger partial charge in [-0.2, -0.15) is 0 Å². The monoisotopic (exact) mass is 212 g/mol. The van der Waals surface area contributed by atoms with E-state index in [0.717, 1.165) is 13.8 Å². The van der Waals surface area contributed by atoms with Gasteiger partial charge in [0.2, 0.25) is 0 Å². The van der Waals surface area contributed by atoms with Crippen molar-refractivity contribution < 1.29 is 111 Å². The maximum absolute atomic E-state index is 9.28. The third kappa shape index (κ3) is 41.9. The van der Waals surface area contributed by atoms with Gasteiger partial charge in [-0.3, -0.25) is 9.59 Å². The molecule has 0 saturated carbocycles. The molecule has 0 aliphatic carbocycles. The van der Waals surface area contributed by atoms with Crippen LogP contribution in [0.3, 0.4) is 0 Å². The summed E-state index contributed by atoms with van der Waals surface area (Å²) in [7, 11) is 0. The molecule has 0 spiro atoms. The number of hydrogen-bond donors (Lipinski definition) is 0. The average molecular weight is 212 g/mol. The summed E-state index contributed by atoms with van der Waals surface area (Å²) in [6, 6.07) is 0. The summed E-state index contributed by atoms with van der Waals surface area (Å²) in [5, 5.41) is 17.6. The Balaban J connectivity index is -0.0000000457. The van der Waals surface area contributed by atoms with Crippen molar-refractivity contribution in [1.82, 2.24) is 0 Å². The second-order valence-electron chi connectivity index (χ2n) is 1.15. The molecule has 8 heteroatoms. The summed E-state index contributed by atoms with van der Waals surface area (Å²) in [5.41, 5.74) is 0. The smallest absolute Gasteiger partial charge is 0.662 e. The van der Waals surface area contributed by atoms with Crippen molar-refractivity contribution in [3.8, 4) is 0 Å². The molecule has 0 fully saturated rings. The van der Waals surface area contributed by atoms with Crippen molar-refractivity contribution >= 4 is 11.9 Å². The van der Waals surface area contributed by atoms with Crippen molar-refractivity contribution in [2.45, 2.75) is 13.8 Å². The summed E-state index contributed by atoms with van der Waals surface area (Å²) in [4.78, 5) is 24.3. The van der Waals surface area contributed by atoms with E-state index in [1.165, 1.54) is 0 Å². The quantitative estimate of drug-likeness (QED) is 0.224. The van der Waals surface area contributed by atoms with E-state index in [9.17, 15) is 9.59 Å². The summed E-state index contributed by atoms with van der Waals surface area (Å²) >= 11 is 0. The Kier molecular flexibility index (Phi) is 35.7. The Labute approximate surface area is 134 Å². The van der Waals surface area contributed by atoms with Crippen molar-refractivity contribution in [3.05, 3.63) is 0 Å². The number of rotatable bonds is 0. The van der Waals surface area contributed by atoms with Gasteiger partial charge in [0.1, 0.15) is 0 Å². The molecule has 0 aromatic rings. The van der Waals surface area contributed by atoms with E-state index in [0.29, 0.717) is 0 Å². The maximum atomic E-state index is 9.28. The van der Waals surface area contributed by atoms with Crippen LogP contribution < -0.4 is 91.5 Å². The molecule has 0 heterocycles. The van der Waals surface area contributed by atoms with Crippen LogP contribution in [-0.4, -0.2) is 11.9 Å². The second-order valence-corrected chi connectivity index (χ2v) is 1.15. The van der Waals surface area contributed by atoms with Crippen molar-refractivity contribution in [1.29, 1.82) is 0 Å². The summed E-state index contributed by atoms with van der Waals surface area (Å²) < 4.78 is 0. The van der Waals surface area contributed by atoms with E-state index < -0.39 is 11.9 Å². The molecule has 0 aromatic carbocycles. The van der Waals surface area contributed by atoms with E-state index in [2.05, 4.69) is 9.78 Å². The topological polar surface area (TPSA) is 98.7 Å². The van der Waals surface area contributed by atoms with Gasteiger partial charge >= 0.3 is 80.9 Å². The van der Waals surface area contributed by atoms with Crippen LogP contribution in [0, 0.1) is 0 Å². The molecule has 12 heavy (non-hydrogen) atoms. The molecule has 0 N–H and O–H groups in total. The molecule has 0 saturated heterocycles. The number of carbonyl (C=O) groups excluding carboxylic acids is 2. The van der Waals surface area contributed by atoms with Gasteiger partial charge in [-0.1, -0.05) is 0 Å². The van der Waals surface area contributed by atoms with Gasteiger partial charge in [0, 0.05) is 13.8 Å². The van der Waals surface area contributed by atoms with Crippen LogP contribution in [-0.2, 0) is 19.4 Å². The van der Waals surface area contributed by atoms with E-state index in [1.54, 1.807) is 0 Å². The third-order valence-electron chi connectivity index (χ3n) is 0.235. The Morgan fingerprint density at radius 2 is 1.08 bits per heavy atom. The van der Waals surface area contributed by atoms with Gasteiger partial charge in [0.15, 0.2) is 0 Å². The zero-order chi connectivity index (χ0) is 8.57. The fraction of sp³-hybridized carbons (Fsp3) is 0.500. The molecular weight excluding hydrogens is 206 g/mol. The minimum Gasteiger partial charge on any atom is -0.662 e. The minimum atomic E-state index is -0.801. The standard InChI is InChI=1S/2C2H4O3.K.Na/c2*1-2(3)5-4;;/h2*4H,1H3;;/q;;2*+1/p-2. The predicted molar refractivity (Wildman–Crippen MR) is 23.5 cm³/mol. The van der Waals surface area contributed by atoms with Gasteiger partial charge in [-0.25, -0.2) is 0 Å². The molecule has 6 nitrogen and oxygen atoms in total. The van der Waals surface area contributed by atoms with Gasteiger partial charge in [0.25, 0.3) is 11.9 Å². The second kappa shape index (κ2) is 18.3. The van der Waals surface area contributed by atoms with Gasteiger partial charge in [-0.05, 0) is 0 Å². The Hall–Kier alpha value is 1.50. The van der Waals surface area contributed by atoms with E-state index in [4.69, 9.17) is 10.5 Å². The third-order valence-corrected chi connectivity index (χ3v) is 0.235. The van der Waals surface area contributed by atoms with Crippen LogP contribution in [0.15, 0.2) is 0 Å². The Morgan fingerprint density at radius 1 is 1.00 bits per heavy atom. The molecule has 0 amide bonds. The fourth-order valence-corrected chi connectivity index (χ4v) is 0. The molecule has 60 valence electrons. The van der Waals surface area contributed by atoms with E-state index in [-0.39, 0.29) is 80.9 Å². The molecule has 0 aliphatic heterocycles. The van der Waals surface area contributed by atoms with Crippen LogP contribution in [0.2, 0.25) is 0 Å². The first-order valence-electron chi connectivity index (χ1n) is 2.15. The van der Waals surface area contributed by atoms with Gasteiger partial charge < -0.3 is 20.3 Å². The molecule has 0 bridgehead atoms. The minimum absolute atomic E-state index is 0. The molecule has 0 aliphatic rings. The van der Waals surface area contributed by atoms with Crippen molar-refractivity contribution in [2.24, 2.45) is 0 Å². The van der Waals surface area contributed by atoms with Crippen LogP contribution in [0.25, 0.3) is 0 Å². The van der Waals surface area contributed by atoms with Gasteiger partial charge in [-0.15, -0.1) is 0 Å². The fourth-order valence-electron chi connectivity index (χ4n) is 0. The van der Waals surface area contributed by atoms with Crippen molar-refractivity contribution in [3.63, 3.8) is 0 Å². The molecule has 0 aromatic heterocycles.